The van der Waals surface area contributed by atoms with E-state index in [9.17, 15) is 19.5 Å². The number of nitrogens with zero attached hydrogens (tertiary/aromatic N) is 1. The van der Waals surface area contributed by atoms with Gasteiger partial charge in [0.05, 0.1) is 16.5 Å². The van der Waals surface area contributed by atoms with E-state index >= 15 is 0 Å². The summed E-state index contributed by atoms with van der Waals surface area (Å²) in [6.45, 7) is 3.82. The molecule has 0 aliphatic heterocycles. The Labute approximate surface area is 161 Å². The van der Waals surface area contributed by atoms with Gasteiger partial charge in [-0.3, -0.25) is 24.2 Å². The number of nitrogens with one attached hydrogen (secondary N) is 3. The lowest BCUT2D eigenvalue weighted by atomic mass is 10.0. The van der Waals surface area contributed by atoms with Gasteiger partial charge < -0.3 is 19.5 Å². The Balaban J connectivity index is 2.13. The highest BCUT2D eigenvalue weighted by Crippen LogP contribution is 2.39. The van der Waals surface area contributed by atoms with Gasteiger partial charge in [-0.05, 0) is 38.1 Å². The van der Waals surface area contributed by atoms with Crippen LogP contribution in [0.2, 0.25) is 0 Å². The standard InChI is InChI=1S/C20H16N4O5/c1-8(2)24-18-13(20(28)23-24)12(9-4-3-7-21-19(9)27)17-14(22-18)10-5-6-11(25)15(26)16(10)29-17/h3-8,22,26H,1-2H3,(H,21,27)(H,23,28). The smallest absolute Gasteiger partial charge is 0.274 e. The van der Waals surface area contributed by atoms with Crippen LogP contribution in [0.5, 0.6) is 5.75 Å². The number of phenolic OH excluding ortho intramolecular Hbond substituents is 1. The van der Waals surface area contributed by atoms with Crippen LogP contribution in [0.1, 0.15) is 19.9 Å². The monoisotopic (exact) mass is 392 g/mol. The maximum absolute atomic E-state index is 12.8. The first-order valence-electron chi connectivity index (χ1n) is 9.01. The number of benzene rings is 1. The first-order chi connectivity index (χ1) is 13.9. The van der Waals surface area contributed by atoms with Crippen LogP contribution in [0.15, 0.2) is 49.3 Å². The lowest BCUT2D eigenvalue weighted by Crippen LogP contribution is -2.09. The molecule has 29 heavy (non-hydrogen) atoms. The summed E-state index contributed by atoms with van der Waals surface area (Å²) in [5.74, 6) is -0.523. The van der Waals surface area contributed by atoms with E-state index in [2.05, 4.69) is 15.1 Å². The number of aromatic hydroxyl groups is 1. The van der Waals surface area contributed by atoms with Crippen molar-refractivity contribution in [1.29, 1.82) is 0 Å². The molecule has 5 aromatic rings. The minimum Gasteiger partial charge on any atom is -0.502 e. The van der Waals surface area contributed by atoms with Gasteiger partial charge in [0.15, 0.2) is 11.2 Å². The second-order valence-corrected chi connectivity index (χ2v) is 7.14. The van der Waals surface area contributed by atoms with Crippen molar-refractivity contribution in [2.24, 2.45) is 0 Å². The summed E-state index contributed by atoms with van der Waals surface area (Å²) < 4.78 is 7.51. The molecule has 0 amide bonds. The summed E-state index contributed by atoms with van der Waals surface area (Å²) in [7, 11) is 0. The molecule has 0 radical (unpaired) electrons. The van der Waals surface area contributed by atoms with Crippen molar-refractivity contribution in [2.75, 3.05) is 0 Å². The van der Waals surface area contributed by atoms with Gasteiger partial charge in [0.2, 0.25) is 11.2 Å². The molecule has 0 spiro atoms. The van der Waals surface area contributed by atoms with E-state index in [-0.39, 0.29) is 33.7 Å². The molecule has 0 aliphatic carbocycles. The maximum Gasteiger partial charge on any atom is 0.274 e. The molecule has 0 aliphatic rings. The number of aromatic amines is 3. The molecule has 9 nitrogen and oxygen atoms in total. The fourth-order valence-corrected chi connectivity index (χ4v) is 3.73. The van der Waals surface area contributed by atoms with Gasteiger partial charge in [0.25, 0.3) is 11.1 Å². The number of hydrogen-bond acceptors (Lipinski definition) is 5. The van der Waals surface area contributed by atoms with Gasteiger partial charge in [-0.25, -0.2) is 0 Å². The Bertz CT molecular complexity index is 1610. The third kappa shape index (κ3) is 2.24. The largest absolute Gasteiger partial charge is 0.502 e. The number of phenols is 1. The second kappa shape index (κ2) is 5.74. The Hall–Kier alpha value is -4.01. The minimum atomic E-state index is -0.579. The highest BCUT2D eigenvalue weighted by atomic mass is 16.4. The van der Waals surface area contributed by atoms with Crippen molar-refractivity contribution in [3.63, 3.8) is 0 Å². The average molecular weight is 392 g/mol. The SMILES string of the molecule is CC(C)n1[nH]c(=O)c2c(-c3ccc[nH]c3=O)c3oc4c(O)c(=O)ccc4c3[nH]c21. The van der Waals surface area contributed by atoms with Crippen molar-refractivity contribution in [3.05, 3.63) is 61.4 Å². The molecule has 0 fully saturated rings. The first kappa shape index (κ1) is 17.1. The molecule has 0 saturated carbocycles. The highest BCUT2D eigenvalue weighted by Gasteiger charge is 2.24. The third-order valence-electron chi connectivity index (χ3n) is 5.05. The van der Waals surface area contributed by atoms with Crippen LogP contribution >= 0.6 is 0 Å². The zero-order valence-corrected chi connectivity index (χ0v) is 15.5. The Kier molecular flexibility index (Phi) is 3.39. The lowest BCUT2D eigenvalue weighted by molar-refractivity contribution is 0.464. The van der Waals surface area contributed by atoms with Gasteiger partial charge in [0.1, 0.15) is 5.65 Å². The molecule has 9 heteroatoms. The molecule has 0 bridgehead atoms. The predicted octanol–water partition coefficient (Wildman–Crippen LogP) is 2.56. The minimum absolute atomic E-state index is 0.00228. The molecular formula is C20H16N4O5. The van der Waals surface area contributed by atoms with E-state index in [1.54, 1.807) is 16.8 Å². The molecule has 4 aromatic heterocycles. The van der Waals surface area contributed by atoms with Gasteiger partial charge in [0, 0.05) is 23.2 Å². The third-order valence-corrected chi connectivity index (χ3v) is 5.05. The summed E-state index contributed by atoms with van der Waals surface area (Å²) in [6, 6.07) is 5.94. The zero-order valence-electron chi connectivity index (χ0n) is 15.5. The summed E-state index contributed by atoms with van der Waals surface area (Å²) in [4.78, 5) is 43.1. The number of pyridine rings is 2. The number of rotatable bonds is 2. The number of furan rings is 1. The van der Waals surface area contributed by atoms with Gasteiger partial charge in [-0.1, -0.05) is 0 Å². The summed E-state index contributed by atoms with van der Waals surface area (Å²) in [5.41, 5.74) is 0.313. The van der Waals surface area contributed by atoms with E-state index in [4.69, 9.17) is 4.42 Å². The molecule has 1 aromatic carbocycles. The molecule has 4 heterocycles. The van der Waals surface area contributed by atoms with Crippen LogP contribution in [0.4, 0.5) is 0 Å². The second-order valence-electron chi connectivity index (χ2n) is 7.14. The quantitative estimate of drug-likeness (QED) is 0.366. The van der Waals surface area contributed by atoms with E-state index in [1.165, 1.54) is 18.3 Å². The fourth-order valence-electron chi connectivity index (χ4n) is 3.73. The predicted molar refractivity (Wildman–Crippen MR) is 109 cm³/mol. The normalized spacial score (nSPS) is 12.0. The van der Waals surface area contributed by atoms with Crippen molar-refractivity contribution < 1.29 is 9.52 Å². The van der Waals surface area contributed by atoms with Crippen LogP contribution in [-0.4, -0.2) is 24.9 Å². The topological polar surface area (TPSA) is 137 Å². The van der Waals surface area contributed by atoms with Gasteiger partial charge in [-0.15, -0.1) is 0 Å². The molecule has 146 valence electrons. The Morgan fingerprint density at radius 1 is 1.07 bits per heavy atom. The zero-order chi connectivity index (χ0) is 20.4. The number of aromatic nitrogens is 4. The number of fused-ring (bicyclic) bond motifs is 4. The average Bonchev–Trinajstić information content (AvgIpc) is 3.22. The van der Waals surface area contributed by atoms with Crippen LogP contribution in [0.25, 0.3) is 44.2 Å². The van der Waals surface area contributed by atoms with Gasteiger partial charge >= 0.3 is 0 Å². The van der Waals surface area contributed by atoms with Crippen LogP contribution in [-0.2, 0) is 0 Å². The summed E-state index contributed by atoms with van der Waals surface area (Å²) in [5, 5.41) is 13.7. The van der Waals surface area contributed by atoms with Crippen molar-refractivity contribution >= 4 is 33.1 Å². The molecule has 4 N–H and O–H groups in total. The van der Waals surface area contributed by atoms with E-state index in [0.29, 0.717) is 22.1 Å². The highest BCUT2D eigenvalue weighted by molar-refractivity contribution is 6.15. The number of H-pyrrole nitrogens is 3. The lowest BCUT2D eigenvalue weighted by Gasteiger charge is -2.09. The summed E-state index contributed by atoms with van der Waals surface area (Å²) in [6.07, 6.45) is 1.49. The first-order valence-corrected chi connectivity index (χ1v) is 9.01. The van der Waals surface area contributed by atoms with Crippen LogP contribution < -0.4 is 16.5 Å². The van der Waals surface area contributed by atoms with E-state index in [0.717, 1.165) is 0 Å². The van der Waals surface area contributed by atoms with Crippen molar-refractivity contribution in [2.45, 2.75) is 19.9 Å². The molecular weight excluding hydrogens is 376 g/mol. The van der Waals surface area contributed by atoms with Crippen LogP contribution in [0.3, 0.4) is 0 Å². The van der Waals surface area contributed by atoms with E-state index < -0.39 is 16.7 Å². The Morgan fingerprint density at radius 2 is 1.86 bits per heavy atom. The maximum atomic E-state index is 12.8. The van der Waals surface area contributed by atoms with E-state index in [1.807, 2.05) is 13.8 Å². The van der Waals surface area contributed by atoms with Crippen molar-refractivity contribution in [3.8, 4) is 16.9 Å². The fraction of sp³-hybridized carbons (Fsp3) is 0.150. The van der Waals surface area contributed by atoms with Crippen molar-refractivity contribution in [1.82, 2.24) is 19.7 Å². The Morgan fingerprint density at radius 3 is 2.59 bits per heavy atom. The summed E-state index contributed by atoms with van der Waals surface area (Å²) >= 11 is 0. The molecule has 0 unspecified atom stereocenters. The molecule has 5 rings (SSSR count). The number of hydrogen-bond donors (Lipinski definition) is 4. The van der Waals surface area contributed by atoms with Crippen LogP contribution in [0, 0.1) is 0 Å². The molecule has 0 atom stereocenters. The molecule has 0 saturated heterocycles. The van der Waals surface area contributed by atoms with Gasteiger partial charge in [-0.2, -0.15) is 0 Å².